The van der Waals surface area contributed by atoms with Gasteiger partial charge in [-0.25, -0.2) is 0 Å². The van der Waals surface area contributed by atoms with Crippen LogP contribution in [0.25, 0.3) is 0 Å². The minimum Gasteiger partial charge on any atom is -0.260 e. The van der Waals surface area contributed by atoms with Crippen LogP contribution in [0.15, 0.2) is 0 Å². The van der Waals surface area contributed by atoms with Gasteiger partial charge in [-0.05, 0) is 0 Å². The Balaban J connectivity index is 0. The molecule has 0 amide bonds. The van der Waals surface area contributed by atoms with Crippen LogP contribution in [0, 0.1) is 0 Å². The molecule has 0 spiro atoms. The normalized spacial score (nSPS) is 11.6. The van der Waals surface area contributed by atoms with E-state index in [0.29, 0.717) is 0 Å². The summed E-state index contributed by atoms with van der Waals surface area (Å²) in [6.07, 6.45) is 0. The summed E-state index contributed by atoms with van der Waals surface area (Å²) < 4.78 is 68.2. The van der Waals surface area contributed by atoms with E-state index in [4.69, 9.17) is 25.9 Å². The maximum absolute atomic E-state index is 10.2. The van der Waals surface area contributed by atoms with Crippen molar-refractivity contribution in [2.24, 2.45) is 0 Å². The van der Waals surface area contributed by atoms with Crippen molar-refractivity contribution >= 4 is 21.0 Å². The van der Waals surface area contributed by atoms with Gasteiger partial charge in [-0.3, -0.25) is 9.11 Å². The van der Waals surface area contributed by atoms with Gasteiger partial charge in [0.25, 0.3) is 0 Å². The van der Waals surface area contributed by atoms with Crippen LogP contribution < -0.4 is 0 Å². The van der Waals surface area contributed by atoms with Crippen molar-refractivity contribution in [2.45, 2.75) is 0 Å². The highest BCUT2D eigenvalue weighted by molar-refractivity contribution is 7.80. The lowest BCUT2D eigenvalue weighted by Gasteiger charge is -1.63. The summed E-state index contributed by atoms with van der Waals surface area (Å²) in [5.41, 5.74) is 0. The molecule has 0 aromatic carbocycles. The molecule has 0 aromatic rings. The van der Waals surface area contributed by atoms with Crippen molar-refractivity contribution in [1.29, 1.82) is 0 Å². The van der Waals surface area contributed by atoms with Crippen LogP contribution >= 0.6 is 0 Å². The third-order valence-corrected chi connectivity index (χ3v) is 0. The first-order chi connectivity index (χ1) is 4.00. The molecule has 0 atom stereocenters. The zero-order chi connectivity index (χ0) is 9.00. The van der Waals surface area contributed by atoms with Gasteiger partial charge < -0.3 is 0 Å². The van der Waals surface area contributed by atoms with E-state index in [2.05, 4.69) is 0 Å². The smallest absolute Gasteiger partial charge is 0.260 e. The van der Waals surface area contributed by atoms with Crippen LogP contribution in [0.1, 0.15) is 0 Å². The molecule has 0 saturated heterocycles. The Hall–Kier alpha value is -0.320. The maximum Gasteiger partial charge on any atom is 0.435 e. The second kappa shape index (κ2) is 3.75. The van der Waals surface area contributed by atoms with Crippen molar-refractivity contribution in [3.63, 3.8) is 0 Å². The fourth-order valence-corrected chi connectivity index (χ4v) is 0. The van der Waals surface area contributed by atoms with E-state index >= 15 is 0 Å². The lowest BCUT2D eigenvalue weighted by molar-refractivity contribution is 0.432. The average molecular weight is 200 g/mol. The second-order valence-corrected chi connectivity index (χ2v) is 2.47. The predicted octanol–water partition coefficient (Wildman–Crippen LogP) is -0.483. The molecule has 0 aliphatic carbocycles. The van der Waals surface area contributed by atoms with Crippen LogP contribution in [0.5, 0.6) is 0 Å². The standard InChI is InChI=1S/2FHO3S/c2*1-5(2,3)4/h2*(H,2,3,4). The molecule has 0 saturated carbocycles. The molecule has 0 heterocycles. The molecule has 0 bridgehead atoms. The van der Waals surface area contributed by atoms with E-state index in [-0.39, 0.29) is 0 Å². The number of hydrogen-bond donors (Lipinski definition) is 2. The maximum atomic E-state index is 10.2. The van der Waals surface area contributed by atoms with Gasteiger partial charge in [0.1, 0.15) is 0 Å². The predicted molar refractivity (Wildman–Crippen MR) is 25.3 cm³/mol. The Morgan fingerprint density at radius 1 is 0.800 bits per heavy atom. The Morgan fingerprint density at radius 3 is 0.800 bits per heavy atom. The molecule has 6 nitrogen and oxygen atoms in total. The Morgan fingerprint density at radius 2 is 0.800 bits per heavy atom. The van der Waals surface area contributed by atoms with Gasteiger partial charge >= 0.3 is 21.0 Å². The summed E-state index contributed by atoms with van der Waals surface area (Å²) in [6, 6.07) is 0. The van der Waals surface area contributed by atoms with Gasteiger partial charge in [-0.1, -0.05) is 7.77 Å². The first kappa shape index (κ1) is 12.4. The van der Waals surface area contributed by atoms with Crippen LogP contribution in [-0.4, -0.2) is 25.9 Å². The van der Waals surface area contributed by atoms with Gasteiger partial charge in [-0.15, -0.1) is 0 Å². The molecule has 0 radical (unpaired) electrons. The minimum absolute atomic E-state index is 5.17. The summed E-state index contributed by atoms with van der Waals surface area (Å²) >= 11 is 0. The van der Waals surface area contributed by atoms with Gasteiger partial charge in [0.05, 0.1) is 0 Å². The fourth-order valence-electron chi connectivity index (χ4n) is 0. The Labute approximate surface area is 55.6 Å². The third-order valence-electron chi connectivity index (χ3n) is 0. The summed E-state index contributed by atoms with van der Waals surface area (Å²) in [4.78, 5) is 0. The molecule has 0 aromatic heterocycles. The molecule has 0 unspecified atom stereocenters. The molecule has 0 rings (SSSR count). The Bertz CT molecular complexity index is 210. The highest BCUT2D eigenvalue weighted by Gasteiger charge is 1.90. The summed E-state index contributed by atoms with van der Waals surface area (Å²) in [7, 11) is -10.3. The SMILES string of the molecule is O=S(=O)(O)F.O=S(=O)(O)F. The fraction of sp³-hybridized carbons (Fsp3) is 0. The monoisotopic (exact) mass is 200 g/mol. The summed E-state index contributed by atoms with van der Waals surface area (Å²) in [5, 5.41) is 0. The van der Waals surface area contributed by atoms with Gasteiger partial charge in [-0.2, -0.15) is 16.8 Å². The first-order valence-electron chi connectivity index (χ1n) is 1.34. The summed E-state index contributed by atoms with van der Waals surface area (Å²) in [5.74, 6) is 0. The van der Waals surface area contributed by atoms with Gasteiger partial charge in [0, 0.05) is 0 Å². The minimum atomic E-state index is -5.17. The molecule has 0 aliphatic rings. The average Bonchev–Trinajstić information content (AvgIpc) is 1.12. The molecule has 2 N–H and O–H groups in total. The highest BCUT2D eigenvalue weighted by atomic mass is 32.3. The summed E-state index contributed by atoms with van der Waals surface area (Å²) in [6.45, 7) is 0. The van der Waals surface area contributed by atoms with E-state index in [1.807, 2.05) is 0 Å². The quantitative estimate of drug-likeness (QED) is 0.403. The van der Waals surface area contributed by atoms with Crippen LogP contribution in [0.4, 0.5) is 7.77 Å². The van der Waals surface area contributed by atoms with E-state index in [1.165, 1.54) is 0 Å². The Kier molecular flexibility index (Phi) is 4.64. The molecule has 64 valence electrons. The zero-order valence-electron chi connectivity index (χ0n) is 4.10. The van der Waals surface area contributed by atoms with Crippen LogP contribution in [0.3, 0.4) is 0 Å². The van der Waals surface area contributed by atoms with Crippen LogP contribution in [0.2, 0.25) is 0 Å². The largest absolute Gasteiger partial charge is 0.435 e. The number of hydrogen-bond acceptors (Lipinski definition) is 4. The van der Waals surface area contributed by atoms with E-state index < -0.39 is 21.0 Å². The molecular formula is H2F2O6S2. The van der Waals surface area contributed by atoms with Crippen molar-refractivity contribution in [3.8, 4) is 0 Å². The third kappa shape index (κ3) is 3350. The first-order valence-corrected chi connectivity index (χ1v) is 4.02. The number of rotatable bonds is 0. The molecule has 0 aliphatic heterocycles. The topological polar surface area (TPSA) is 109 Å². The molecule has 10 heteroatoms. The van der Waals surface area contributed by atoms with Crippen molar-refractivity contribution < 1.29 is 33.7 Å². The van der Waals surface area contributed by atoms with Gasteiger partial charge in [0.2, 0.25) is 0 Å². The van der Waals surface area contributed by atoms with Crippen molar-refractivity contribution in [3.05, 3.63) is 0 Å². The molecular weight excluding hydrogens is 198 g/mol. The molecule has 0 fully saturated rings. The lowest BCUT2D eigenvalue weighted by atomic mass is 15.9. The van der Waals surface area contributed by atoms with Crippen molar-refractivity contribution in [2.75, 3.05) is 0 Å². The van der Waals surface area contributed by atoms with Crippen LogP contribution in [-0.2, 0) is 21.0 Å². The van der Waals surface area contributed by atoms with E-state index in [9.17, 15) is 7.77 Å². The molecule has 10 heavy (non-hydrogen) atoms. The number of halogens is 2. The van der Waals surface area contributed by atoms with Gasteiger partial charge in [0.15, 0.2) is 0 Å². The zero-order valence-corrected chi connectivity index (χ0v) is 5.73. The second-order valence-electron chi connectivity index (χ2n) is 0.824. The highest BCUT2D eigenvalue weighted by Crippen LogP contribution is 1.74. The van der Waals surface area contributed by atoms with E-state index in [1.54, 1.807) is 0 Å². The van der Waals surface area contributed by atoms with Crippen molar-refractivity contribution in [1.82, 2.24) is 0 Å². The van der Waals surface area contributed by atoms with E-state index in [0.717, 1.165) is 0 Å². The lowest BCUT2D eigenvalue weighted by Crippen LogP contribution is -1.80.